The second kappa shape index (κ2) is 5.90. The predicted octanol–water partition coefficient (Wildman–Crippen LogP) is 3.74. The lowest BCUT2D eigenvalue weighted by atomic mass is 9.98. The molecule has 3 aromatic rings. The Kier molecular flexibility index (Phi) is 3.78. The van der Waals surface area contributed by atoms with E-state index in [1.807, 2.05) is 37.3 Å². The average molecular weight is 304 g/mol. The van der Waals surface area contributed by atoms with Crippen LogP contribution in [-0.4, -0.2) is 0 Å². The number of nitriles is 1. The highest BCUT2D eigenvalue weighted by Gasteiger charge is 2.17. The molecule has 3 N–H and O–H groups in total. The molecule has 0 aliphatic rings. The summed E-state index contributed by atoms with van der Waals surface area (Å²) in [7, 11) is 0. The fourth-order valence-electron chi connectivity index (χ4n) is 2.47. The van der Waals surface area contributed by atoms with Crippen LogP contribution in [-0.2, 0) is 0 Å². The Bertz CT molecular complexity index is 892. The molecule has 0 amide bonds. The van der Waals surface area contributed by atoms with Crippen LogP contribution >= 0.6 is 0 Å². The van der Waals surface area contributed by atoms with Crippen molar-refractivity contribution in [2.75, 3.05) is 5.73 Å². The van der Waals surface area contributed by atoms with Gasteiger partial charge in [0.2, 0.25) is 0 Å². The molecule has 0 aliphatic heterocycles. The van der Waals surface area contributed by atoms with E-state index in [9.17, 15) is 9.65 Å². The molecule has 0 aliphatic carbocycles. The number of aromatic nitrogens is 1. The summed E-state index contributed by atoms with van der Waals surface area (Å²) in [5.74, 6) is -0.000903. The lowest BCUT2D eigenvalue weighted by Crippen LogP contribution is -2.16. The number of anilines is 1. The topological polar surface area (TPSA) is 63.9 Å². The maximum absolute atomic E-state index is 13.1. The summed E-state index contributed by atoms with van der Waals surface area (Å²) in [5.41, 5.74) is 10.8. The number of rotatable bonds is 2. The second-order valence-electron chi connectivity index (χ2n) is 5.37. The summed E-state index contributed by atoms with van der Waals surface area (Å²) in [5, 5.41) is 9.41. The van der Waals surface area contributed by atoms with E-state index in [0.717, 1.165) is 27.9 Å². The molecular weight excluding hydrogens is 289 g/mol. The van der Waals surface area contributed by atoms with Gasteiger partial charge >= 0.3 is 0 Å². The largest absolute Gasteiger partial charge is 0.289 e. The Balaban J connectivity index is 2.20. The van der Waals surface area contributed by atoms with Crippen LogP contribution in [0.1, 0.15) is 11.1 Å². The van der Waals surface area contributed by atoms with Gasteiger partial charge in [-0.05, 0) is 42.8 Å². The minimum absolute atomic E-state index is 0.296. The first-order valence-electron chi connectivity index (χ1n) is 7.17. The SMILES string of the molecule is Cc1ccc(-c2cc(-c3ccc(F)cc3)[nH+]c(N)c2C#N)cc1. The standard InChI is InChI=1S/C19H14FN3/c1-12-2-4-13(5-3-12)16-10-18(23-19(22)17(16)11-21)14-6-8-15(20)9-7-14/h2-10H,1H3,(H2,22,23)/p+1. The van der Waals surface area contributed by atoms with Crippen LogP contribution in [0.5, 0.6) is 0 Å². The fourth-order valence-corrected chi connectivity index (χ4v) is 2.47. The van der Waals surface area contributed by atoms with Gasteiger partial charge in [-0.25, -0.2) is 9.37 Å². The molecule has 4 heteroatoms. The third-order valence-corrected chi connectivity index (χ3v) is 3.73. The molecular formula is C19H15FN3+. The molecule has 0 bridgehead atoms. The Morgan fingerprint density at radius 2 is 1.61 bits per heavy atom. The number of nitrogen functional groups attached to an aromatic ring is 1. The lowest BCUT2D eigenvalue weighted by molar-refractivity contribution is -0.346. The number of pyridine rings is 1. The van der Waals surface area contributed by atoms with Crippen LogP contribution in [0.25, 0.3) is 22.4 Å². The summed E-state index contributed by atoms with van der Waals surface area (Å²) in [6.07, 6.45) is 0. The first kappa shape index (κ1) is 14.7. The number of hydrogen-bond acceptors (Lipinski definition) is 2. The maximum Gasteiger partial charge on any atom is 0.289 e. The molecule has 1 heterocycles. The van der Waals surface area contributed by atoms with E-state index in [1.165, 1.54) is 12.1 Å². The molecule has 3 rings (SSSR count). The van der Waals surface area contributed by atoms with Gasteiger partial charge in [-0.15, -0.1) is 0 Å². The lowest BCUT2D eigenvalue weighted by Gasteiger charge is -2.08. The van der Waals surface area contributed by atoms with E-state index in [0.29, 0.717) is 11.4 Å². The van der Waals surface area contributed by atoms with E-state index < -0.39 is 0 Å². The predicted molar refractivity (Wildman–Crippen MR) is 87.7 cm³/mol. The summed E-state index contributed by atoms with van der Waals surface area (Å²) in [4.78, 5) is 3.02. The van der Waals surface area contributed by atoms with Gasteiger partial charge in [0.25, 0.3) is 5.82 Å². The number of nitrogens with zero attached hydrogens (tertiary/aromatic N) is 1. The van der Waals surface area contributed by atoms with E-state index in [2.05, 4.69) is 11.1 Å². The quantitative estimate of drug-likeness (QED) is 0.784. The van der Waals surface area contributed by atoms with Gasteiger partial charge in [-0.1, -0.05) is 29.8 Å². The molecule has 1 aromatic heterocycles. The fraction of sp³-hybridized carbons (Fsp3) is 0.0526. The van der Waals surface area contributed by atoms with Crippen LogP contribution in [0.2, 0.25) is 0 Å². The number of benzene rings is 2. The van der Waals surface area contributed by atoms with E-state index in [-0.39, 0.29) is 5.82 Å². The Morgan fingerprint density at radius 1 is 1.00 bits per heavy atom. The van der Waals surface area contributed by atoms with Crippen molar-refractivity contribution in [2.45, 2.75) is 6.92 Å². The molecule has 0 saturated heterocycles. The number of halogens is 1. The summed E-state index contributed by atoms with van der Waals surface area (Å²) in [6.45, 7) is 2.01. The number of H-pyrrole nitrogens is 1. The zero-order valence-corrected chi connectivity index (χ0v) is 12.6. The smallest absolute Gasteiger partial charge is 0.286 e. The molecule has 2 aromatic carbocycles. The van der Waals surface area contributed by atoms with Crippen molar-refractivity contribution in [3.63, 3.8) is 0 Å². The normalized spacial score (nSPS) is 10.3. The minimum atomic E-state index is -0.297. The van der Waals surface area contributed by atoms with E-state index in [4.69, 9.17) is 5.73 Å². The van der Waals surface area contributed by atoms with Crippen LogP contribution < -0.4 is 10.7 Å². The van der Waals surface area contributed by atoms with Crippen molar-refractivity contribution >= 4 is 5.82 Å². The van der Waals surface area contributed by atoms with Crippen LogP contribution in [0.3, 0.4) is 0 Å². The molecule has 0 radical (unpaired) electrons. The van der Waals surface area contributed by atoms with Crippen LogP contribution in [0.4, 0.5) is 10.2 Å². The van der Waals surface area contributed by atoms with Crippen molar-refractivity contribution in [3.05, 3.63) is 71.5 Å². The average Bonchev–Trinajstić information content (AvgIpc) is 2.55. The Labute approximate surface area is 133 Å². The zero-order chi connectivity index (χ0) is 16.4. The highest BCUT2D eigenvalue weighted by atomic mass is 19.1. The van der Waals surface area contributed by atoms with Crippen molar-refractivity contribution in [1.82, 2.24) is 0 Å². The number of nitrogens with two attached hydrogens (primary N) is 1. The van der Waals surface area contributed by atoms with Gasteiger partial charge in [0.05, 0.1) is 0 Å². The molecule has 0 fully saturated rings. The van der Waals surface area contributed by atoms with Gasteiger partial charge in [0.1, 0.15) is 23.1 Å². The molecule has 0 saturated carbocycles. The van der Waals surface area contributed by atoms with Gasteiger partial charge in [-0.3, -0.25) is 5.73 Å². The molecule has 3 nitrogen and oxygen atoms in total. The van der Waals surface area contributed by atoms with Gasteiger partial charge in [-0.2, -0.15) is 5.26 Å². The number of hydrogen-bond donors (Lipinski definition) is 1. The molecule has 0 atom stereocenters. The van der Waals surface area contributed by atoms with Crippen LogP contribution in [0, 0.1) is 24.1 Å². The highest BCUT2D eigenvalue weighted by molar-refractivity contribution is 5.77. The third-order valence-electron chi connectivity index (χ3n) is 3.73. The van der Waals surface area contributed by atoms with Crippen molar-refractivity contribution in [3.8, 4) is 28.5 Å². The van der Waals surface area contributed by atoms with E-state index in [1.54, 1.807) is 12.1 Å². The minimum Gasteiger partial charge on any atom is -0.286 e. The Hall–Kier alpha value is -3.19. The van der Waals surface area contributed by atoms with Crippen molar-refractivity contribution in [1.29, 1.82) is 5.26 Å². The number of nitrogens with one attached hydrogen (secondary N) is 1. The molecule has 0 spiro atoms. The second-order valence-corrected chi connectivity index (χ2v) is 5.37. The number of aryl methyl sites for hydroxylation is 1. The van der Waals surface area contributed by atoms with Crippen LogP contribution in [0.15, 0.2) is 54.6 Å². The van der Waals surface area contributed by atoms with Crippen molar-refractivity contribution < 1.29 is 9.37 Å². The summed E-state index contributed by atoms with van der Waals surface area (Å²) < 4.78 is 13.1. The first-order valence-corrected chi connectivity index (χ1v) is 7.17. The highest BCUT2D eigenvalue weighted by Crippen LogP contribution is 2.29. The monoisotopic (exact) mass is 304 g/mol. The molecule has 0 unspecified atom stereocenters. The van der Waals surface area contributed by atoms with Gasteiger partial charge < -0.3 is 0 Å². The summed E-state index contributed by atoms with van der Waals surface area (Å²) in [6, 6.07) is 18.0. The Morgan fingerprint density at radius 3 is 2.22 bits per heavy atom. The zero-order valence-electron chi connectivity index (χ0n) is 12.6. The van der Waals surface area contributed by atoms with E-state index >= 15 is 0 Å². The van der Waals surface area contributed by atoms with Gasteiger partial charge in [0, 0.05) is 11.1 Å². The molecule has 23 heavy (non-hydrogen) atoms. The number of aromatic amines is 1. The van der Waals surface area contributed by atoms with Crippen molar-refractivity contribution in [2.24, 2.45) is 0 Å². The third kappa shape index (κ3) is 2.90. The first-order chi connectivity index (χ1) is 11.1. The maximum atomic E-state index is 13.1. The summed E-state index contributed by atoms with van der Waals surface area (Å²) >= 11 is 0. The van der Waals surface area contributed by atoms with Gasteiger partial charge in [0.15, 0.2) is 0 Å². The molecule has 112 valence electrons.